The van der Waals surface area contributed by atoms with Gasteiger partial charge in [0.1, 0.15) is 0 Å². The first-order valence-electron chi connectivity index (χ1n) is 4.71. The molecule has 0 aliphatic heterocycles. The Hall–Kier alpha value is -0.560. The Balaban J connectivity index is 2.37. The van der Waals surface area contributed by atoms with Crippen molar-refractivity contribution in [1.82, 2.24) is 0 Å². The van der Waals surface area contributed by atoms with Gasteiger partial charge in [0.25, 0.3) is 0 Å². The van der Waals surface area contributed by atoms with E-state index in [9.17, 15) is 8.42 Å². The second-order valence-electron chi connectivity index (χ2n) is 3.67. The van der Waals surface area contributed by atoms with Gasteiger partial charge in [-0.05, 0) is 18.8 Å². The van der Waals surface area contributed by atoms with Crippen LogP contribution in [0.2, 0.25) is 0 Å². The van der Waals surface area contributed by atoms with E-state index in [0.29, 0.717) is 11.7 Å². The summed E-state index contributed by atoms with van der Waals surface area (Å²) in [4.78, 5) is 0. The van der Waals surface area contributed by atoms with Gasteiger partial charge in [0, 0.05) is 6.42 Å². The highest BCUT2D eigenvalue weighted by atomic mass is 32.2. The van der Waals surface area contributed by atoms with E-state index in [2.05, 4.69) is 0 Å². The van der Waals surface area contributed by atoms with E-state index in [1.54, 1.807) is 0 Å². The lowest BCUT2D eigenvalue weighted by atomic mass is 10.1. The summed E-state index contributed by atoms with van der Waals surface area (Å²) >= 11 is 0. The number of rotatable bonds is 4. The second-order valence-corrected chi connectivity index (χ2v) is 5.90. The van der Waals surface area contributed by atoms with Gasteiger partial charge in [-0.3, -0.25) is 0 Å². The molecule has 74 valence electrons. The van der Waals surface area contributed by atoms with Gasteiger partial charge in [-0.2, -0.15) is 5.26 Å². The maximum Gasteiger partial charge on any atom is 0.151 e. The number of hydrogen-bond donors (Lipinski definition) is 0. The highest BCUT2D eigenvalue weighted by Crippen LogP contribution is 2.26. The van der Waals surface area contributed by atoms with E-state index in [0.717, 1.165) is 12.8 Å². The Kier molecular flexibility index (Phi) is 3.73. The van der Waals surface area contributed by atoms with Crippen LogP contribution in [0.15, 0.2) is 0 Å². The van der Waals surface area contributed by atoms with Crippen LogP contribution >= 0.6 is 0 Å². The van der Waals surface area contributed by atoms with Crippen LogP contribution in [0.4, 0.5) is 0 Å². The number of hydrogen-bond acceptors (Lipinski definition) is 3. The van der Waals surface area contributed by atoms with Crippen LogP contribution in [0, 0.1) is 17.2 Å². The third kappa shape index (κ3) is 3.77. The summed E-state index contributed by atoms with van der Waals surface area (Å²) < 4.78 is 22.8. The zero-order valence-electron chi connectivity index (χ0n) is 7.70. The molecule has 1 rings (SSSR count). The average Bonchev–Trinajstić information content (AvgIpc) is 2.52. The van der Waals surface area contributed by atoms with Crippen LogP contribution in [-0.2, 0) is 9.84 Å². The minimum Gasteiger partial charge on any atom is -0.229 e. The van der Waals surface area contributed by atoms with Crippen molar-refractivity contribution >= 4 is 9.84 Å². The molecule has 1 saturated carbocycles. The van der Waals surface area contributed by atoms with Crippen molar-refractivity contribution in [2.75, 3.05) is 11.5 Å². The highest BCUT2D eigenvalue weighted by molar-refractivity contribution is 7.91. The third-order valence-corrected chi connectivity index (χ3v) is 4.29. The molecule has 0 aromatic rings. The fourth-order valence-corrected chi connectivity index (χ4v) is 3.44. The quantitative estimate of drug-likeness (QED) is 0.692. The molecule has 3 nitrogen and oxygen atoms in total. The van der Waals surface area contributed by atoms with Gasteiger partial charge in [-0.25, -0.2) is 8.42 Å². The maximum atomic E-state index is 11.4. The van der Waals surface area contributed by atoms with E-state index in [1.165, 1.54) is 12.8 Å². The zero-order chi connectivity index (χ0) is 9.73. The third-order valence-electron chi connectivity index (χ3n) is 2.49. The molecular weight excluding hydrogens is 186 g/mol. The number of nitrogens with zero attached hydrogens (tertiary/aromatic N) is 1. The topological polar surface area (TPSA) is 57.9 Å². The minimum absolute atomic E-state index is 0.0417. The molecule has 0 aromatic carbocycles. The second kappa shape index (κ2) is 4.61. The Labute approximate surface area is 79.7 Å². The Morgan fingerprint density at radius 1 is 1.31 bits per heavy atom. The fourth-order valence-electron chi connectivity index (χ4n) is 1.82. The summed E-state index contributed by atoms with van der Waals surface area (Å²) in [6.07, 6.45) is 4.56. The van der Waals surface area contributed by atoms with Crippen molar-refractivity contribution in [2.45, 2.75) is 32.1 Å². The standard InChI is InChI=1S/C9H15NO2S/c10-6-3-7-13(11,12)8-9-4-1-2-5-9/h9H,1-5,7-8H2. The van der Waals surface area contributed by atoms with Gasteiger partial charge >= 0.3 is 0 Å². The van der Waals surface area contributed by atoms with Gasteiger partial charge in [-0.1, -0.05) is 12.8 Å². The SMILES string of the molecule is N#CCCS(=O)(=O)CC1CCCC1. The van der Waals surface area contributed by atoms with Crippen molar-refractivity contribution < 1.29 is 8.42 Å². The van der Waals surface area contributed by atoms with Crippen molar-refractivity contribution in [3.8, 4) is 6.07 Å². The van der Waals surface area contributed by atoms with E-state index >= 15 is 0 Å². The number of nitriles is 1. The molecule has 0 radical (unpaired) electrons. The maximum absolute atomic E-state index is 11.4. The summed E-state index contributed by atoms with van der Waals surface area (Å²) in [5, 5.41) is 8.28. The predicted octanol–water partition coefficient (Wildman–Crippen LogP) is 1.51. The summed E-state index contributed by atoms with van der Waals surface area (Å²) in [5.41, 5.74) is 0. The van der Waals surface area contributed by atoms with Crippen LogP contribution in [0.25, 0.3) is 0 Å². The van der Waals surface area contributed by atoms with Gasteiger partial charge in [0.2, 0.25) is 0 Å². The molecule has 0 atom stereocenters. The van der Waals surface area contributed by atoms with Crippen LogP contribution in [-0.4, -0.2) is 19.9 Å². The Morgan fingerprint density at radius 2 is 1.92 bits per heavy atom. The lowest BCUT2D eigenvalue weighted by Crippen LogP contribution is -2.16. The molecule has 0 heterocycles. The van der Waals surface area contributed by atoms with Crippen molar-refractivity contribution in [3.05, 3.63) is 0 Å². The van der Waals surface area contributed by atoms with Crippen molar-refractivity contribution in [1.29, 1.82) is 5.26 Å². The largest absolute Gasteiger partial charge is 0.229 e. The highest BCUT2D eigenvalue weighted by Gasteiger charge is 2.21. The van der Waals surface area contributed by atoms with Gasteiger partial charge in [0.15, 0.2) is 9.84 Å². The summed E-state index contributed by atoms with van der Waals surface area (Å²) in [7, 11) is -2.95. The molecule has 1 aliphatic carbocycles. The van der Waals surface area contributed by atoms with E-state index < -0.39 is 9.84 Å². The first-order chi connectivity index (χ1) is 6.14. The average molecular weight is 201 g/mol. The van der Waals surface area contributed by atoms with Gasteiger partial charge in [0.05, 0.1) is 17.6 Å². The van der Waals surface area contributed by atoms with Crippen LogP contribution in [0.1, 0.15) is 32.1 Å². The summed E-state index contributed by atoms with van der Waals surface area (Å²) in [5.74, 6) is 0.706. The normalized spacial score (nSPS) is 18.7. The molecule has 0 amide bonds. The van der Waals surface area contributed by atoms with Crippen LogP contribution < -0.4 is 0 Å². The molecule has 0 aromatic heterocycles. The van der Waals surface area contributed by atoms with Crippen molar-refractivity contribution in [3.63, 3.8) is 0 Å². The van der Waals surface area contributed by atoms with Crippen molar-refractivity contribution in [2.24, 2.45) is 5.92 Å². The van der Waals surface area contributed by atoms with Gasteiger partial charge < -0.3 is 0 Å². The molecular formula is C9H15NO2S. The minimum atomic E-state index is -2.95. The molecule has 0 spiro atoms. The summed E-state index contributed by atoms with van der Waals surface area (Å²) in [6.45, 7) is 0. The predicted molar refractivity (Wildman–Crippen MR) is 50.8 cm³/mol. The zero-order valence-corrected chi connectivity index (χ0v) is 8.52. The lowest BCUT2D eigenvalue weighted by molar-refractivity contribution is 0.559. The molecule has 1 fully saturated rings. The Bertz CT molecular complexity index is 283. The first-order valence-corrected chi connectivity index (χ1v) is 6.53. The van der Waals surface area contributed by atoms with Gasteiger partial charge in [-0.15, -0.1) is 0 Å². The summed E-state index contributed by atoms with van der Waals surface area (Å²) in [6, 6.07) is 1.87. The van der Waals surface area contributed by atoms with E-state index in [4.69, 9.17) is 5.26 Å². The molecule has 0 bridgehead atoms. The van der Waals surface area contributed by atoms with E-state index in [-0.39, 0.29) is 12.2 Å². The monoisotopic (exact) mass is 201 g/mol. The fraction of sp³-hybridized carbons (Fsp3) is 0.889. The smallest absolute Gasteiger partial charge is 0.151 e. The molecule has 13 heavy (non-hydrogen) atoms. The molecule has 4 heteroatoms. The Morgan fingerprint density at radius 3 is 2.46 bits per heavy atom. The van der Waals surface area contributed by atoms with Crippen LogP contribution in [0.5, 0.6) is 0 Å². The van der Waals surface area contributed by atoms with E-state index in [1.807, 2.05) is 6.07 Å². The number of sulfone groups is 1. The van der Waals surface area contributed by atoms with Crippen LogP contribution in [0.3, 0.4) is 0 Å². The first kappa shape index (κ1) is 10.5. The lowest BCUT2D eigenvalue weighted by Gasteiger charge is -2.07. The molecule has 0 N–H and O–H groups in total. The molecule has 0 saturated heterocycles. The molecule has 1 aliphatic rings. The molecule has 0 unspecified atom stereocenters.